The average molecular weight is 441 g/mol. The summed E-state index contributed by atoms with van der Waals surface area (Å²) in [6, 6.07) is 11.3. The first-order valence-electron chi connectivity index (χ1n) is 8.52. The maximum atomic E-state index is 12.5. The second-order valence-electron chi connectivity index (χ2n) is 6.43. The molecule has 0 aromatic heterocycles. The predicted octanol–water partition coefficient (Wildman–Crippen LogP) is 4.81. The quantitative estimate of drug-likeness (QED) is 0.494. The van der Waals surface area contributed by atoms with Crippen LogP contribution in [0.4, 0.5) is 5.69 Å². The number of carbonyl (C=O) groups is 3. The van der Waals surface area contributed by atoms with Crippen LogP contribution < -0.4 is 4.90 Å². The summed E-state index contributed by atoms with van der Waals surface area (Å²) < 4.78 is 5.31. The Morgan fingerprint density at radius 3 is 2.46 bits per heavy atom. The van der Waals surface area contributed by atoms with E-state index < -0.39 is 18.0 Å². The molecule has 0 N–H and O–H groups in total. The molecule has 1 aliphatic heterocycles. The molecule has 0 bridgehead atoms. The summed E-state index contributed by atoms with van der Waals surface area (Å²) >= 11 is 18.0. The molecule has 1 fully saturated rings. The molecule has 1 saturated heterocycles. The lowest BCUT2D eigenvalue weighted by Gasteiger charge is -2.19. The first-order valence-corrected chi connectivity index (χ1v) is 9.66. The minimum atomic E-state index is -0.979. The number of hydrogen-bond acceptors (Lipinski definition) is 4. The Bertz CT molecular complexity index is 930. The highest BCUT2D eigenvalue weighted by Gasteiger charge is 2.38. The number of nitrogens with zero attached hydrogens (tertiary/aromatic N) is 1. The van der Waals surface area contributed by atoms with Gasteiger partial charge in [-0.2, -0.15) is 0 Å². The third kappa shape index (κ3) is 4.32. The second-order valence-corrected chi connectivity index (χ2v) is 7.65. The smallest absolute Gasteiger partial charge is 0.312 e. The number of Topliss-reactive ketones (excluding diaryl/α,β-unsaturated/α-hetero) is 1. The molecule has 0 unspecified atom stereocenters. The van der Waals surface area contributed by atoms with Crippen molar-refractivity contribution in [1.82, 2.24) is 0 Å². The molecule has 146 valence electrons. The summed E-state index contributed by atoms with van der Waals surface area (Å²) in [5, 5.41) is 1.07. The summed E-state index contributed by atoms with van der Waals surface area (Å²) in [6.45, 7) is 1.61. The number of halogens is 3. The SMILES string of the molecule is C[C@@H](OC(=O)[C@H]1CC(=O)N(c2cccc(Cl)c2Cl)C1)C(=O)c1ccc(Cl)cc1. The lowest BCUT2D eigenvalue weighted by Crippen LogP contribution is -2.30. The number of rotatable bonds is 5. The fraction of sp³-hybridized carbons (Fsp3) is 0.250. The molecule has 28 heavy (non-hydrogen) atoms. The number of carbonyl (C=O) groups excluding carboxylic acids is 3. The number of ether oxygens (including phenoxy) is 1. The number of benzene rings is 2. The van der Waals surface area contributed by atoms with E-state index in [2.05, 4.69) is 0 Å². The van der Waals surface area contributed by atoms with E-state index in [0.29, 0.717) is 21.3 Å². The molecule has 0 radical (unpaired) electrons. The fourth-order valence-electron chi connectivity index (χ4n) is 2.97. The molecular formula is C20H16Cl3NO4. The van der Waals surface area contributed by atoms with Crippen LogP contribution in [0.15, 0.2) is 42.5 Å². The second kappa shape index (κ2) is 8.52. The summed E-state index contributed by atoms with van der Waals surface area (Å²) in [5.74, 6) is -1.90. The van der Waals surface area contributed by atoms with Gasteiger partial charge in [0.1, 0.15) is 0 Å². The molecular weight excluding hydrogens is 425 g/mol. The highest BCUT2D eigenvalue weighted by atomic mass is 35.5. The zero-order chi connectivity index (χ0) is 20.4. The van der Waals surface area contributed by atoms with E-state index in [0.717, 1.165) is 0 Å². The van der Waals surface area contributed by atoms with Crippen LogP contribution in [-0.2, 0) is 14.3 Å². The summed E-state index contributed by atoms with van der Waals surface area (Å²) in [5.41, 5.74) is 0.833. The van der Waals surface area contributed by atoms with E-state index in [4.69, 9.17) is 39.5 Å². The summed E-state index contributed by atoms with van der Waals surface area (Å²) in [4.78, 5) is 38.7. The summed E-state index contributed by atoms with van der Waals surface area (Å²) in [6.07, 6.45) is -1.00. The van der Waals surface area contributed by atoms with Gasteiger partial charge in [-0.1, -0.05) is 40.9 Å². The van der Waals surface area contributed by atoms with Crippen LogP contribution in [0, 0.1) is 5.92 Å². The number of esters is 1. The maximum absolute atomic E-state index is 12.5. The Labute approximate surface area is 177 Å². The lowest BCUT2D eigenvalue weighted by atomic mass is 10.1. The molecule has 2 aromatic carbocycles. The first kappa shape index (κ1) is 20.6. The largest absolute Gasteiger partial charge is 0.454 e. The number of hydrogen-bond donors (Lipinski definition) is 0. The van der Waals surface area contributed by atoms with Crippen molar-refractivity contribution in [2.45, 2.75) is 19.4 Å². The van der Waals surface area contributed by atoms with E-state index in [1.54, 1.807) is 42.5 Å². The van der Waals surface area contributed by atoms with Crippen molar-refractivity contribution >= 4 is 58.1 Å². The molecule has 2 atom stereocenters. The normalized spacial score (nSPS) is 17.5. The van der Waals surface area contributed by atoms with Crippen LogP contribution in [0.1, 0.15) is 23.7 Å². The third-order valence-electron chi connectivity index (χ3n) is 4.47. The van der Waals surface area contributed by atoms with Gasteiger partial charge in [0, 0.05) is 23.6 Å². The van der Waals surface area contributed by atoms with Gasteiger partial charge in [-0.25, -0.2) is 0 Å². The minimum Gasteiger partial charge on any atom is -0.454 e. The Morgan fingerprint density at radius 1 is 1.11 bits per heavy atom. The van der Waals surface area contributed by atoms with Crippen molar-refractivity contribution in [3.8, 4) is 0 Å². The van der Waals surface area contributed by atoms with E-state index >= 15 is 0 Å². The van der Waals surface area contributed by atoms with Crippen molar-refractivity contribution in [2.75, 3.05) is 11.4 Å². The Hall–Kier alpha value is -2.08. The van der Waals surface area contributed by atoms with Crippen LogP contribution in [-0.4, -0.2) is 30.3 Å². The number of anilines is 1. The zero-order valence-corrected chi connectivity index (χ0v) is 17.1. The zero-order valence-electron chi connectivity index (χ0n) is 14.8. The van der Waals surface area contributed by atoms with Crippen LogP contribution in [0.5, 0.6) is 0 Å². The van der Waals surface area contributed by atoms with Crippen molar-refractivity contribution in [1.29, 1.82) is 0 Å². The molecule has 0 spiro atoms. The molecule has 0 aliphatic carbocycles. The predicted molar refractivity (Wildman–Crippen MR) is 108 cm³/mol. The molecule has 1 aliphatic rings. The Morgan fingerprint density at radius 2 is 1.79 bits per heavy atom. The first-order chi connectivity index (χ1) is 13.3. The molecule has 8 heteroatoms. The van der Waals surface area contributed by atoms with Crippen LogP contribution in [0.2, 0.25) is 15.1 Å². The monoisotopic (exact) mass is 439 g/mol. The third-order valence-corrected chi connectivity index (χ3v) is 5.53. The van der Waals surface area contributed by atoms with Crippen LogP contribution >= 0.6 is 34.8 Å². The van der Waals surface area contributed by atoms with Crippen molar-refractivity contribution in [2.24, 2.45) is 5.92 Å². The molecule has 2 aromatic rings. The highest BCUT2D eigenvalue weighted by Crippen LogP contribution is 2.36. The minimum absolute atomic E-state index is 0.0243. The molecule has 0 saturated carbocycles. The highest BCUT2D eigenvalue weighted by molar-refractivity contribution is 6.44. The van der Waals surface area contributed by atoms with Gasteiger partial charge in [0.2, 0.25) is 11.7 Å². The molecule has 5 nitrogen and oxygen atoms in total. The van der Waals surface area contributed by atoms with E-state index in [1.807, 2.05) is 0 Å². The van der Waals surface area contributed by atoms with Gasteiger partial charge in [0.25, 0.3) is 0 Å². The van der Waals surface area contributed by atoms with Gasteiger partial charge in [0.15, 0.2) is 6.10 Å². The van der Waals surface area contributed by atoms with Crippen molar-refractivity contribution in [3.05, 3.63) is 63.1 Å². The van der Waals surface area contributed by atoms with Gasteiger partial charge in [-0.05, 0) is 43.3 Å². The lowest BCUT2D eigenvalue weighted by molar-refractivity contribution is -0.151. The van der Waals surface area contributed by atoms with E-state index in [-0.39, 0.29) is 29.7 Å². The summed E-state index contributed by atoms with van der Waals surface area (Å²) in [7, 11) is 0. The number of ketones is 1. The number of amides is 1. The standard InChI is InChI=1S/C20H16Cl3NO4/c1-11(19(26)12-5-7-14(21)8-6-12)28-20(27)13-9-17(25)24(10-13)16-4-2-3-15(22)18(16)23/h2-8,11,13H,9-10H2,1H3/t11-,13+/m1/s1. The topological polar surface area (TPSA) is 63.7 Å². The van der Waals surface area contributed by atoms with Gasteiger partial charge in [0.05, 0.1) is 21.7 Å². The molecule has 1 heterocycles. The molecule has 1 amide bonds. The van der Waals surface area contributed by atoms with Gasteiger partial charge >= 0.3 is 5.97 Å². The van der Waals surface area contributed by atoms with Gasteiger partial charge < -0.3 is 9.64 Å². The fourth-order valence-corrected chi connectivity index (χ4v) is 3.50. The van der Waals surface area contributed by atoms with Gasteiger partial charge in [-0.15, -0.1) is 0 Å². The van der Waals surface area contributed by atoms with E-state index in [1.165, 1.54) is 11.8 Å². The maximum Gasteiger partial charge on any atom is 0.312 e. The Balaban J connectivity index is 1.66. The Kier molecular flexibility index (Phi) is 6.28. The van der Waals surface area contributed by atoms with Crippen molar-refractivity contribution in [3.63, 3.8) is 0 Å². The van der Waals surface area contributed by atoms with Gasteiger partial charge in [-0.3, -0.25) is 14.4 Å². The van der Waals surface area contributed by atoms with Crippen LogP contribution in [0.3, 0.4) is 0 Å². The molecule has 3 rings (SSSR count). The van der Waals surface area contributed by atoms with E-state index in [9.17, 15) is 14.4 Å². The average Bonchev–Trinajstić information content (AvgIpc) is 3.05. The van der Waals surface area contributed by atoms with Crippen LogP contribution in [0.25, 0.3) is 0 Å². The van der Waals surface area contributed by atoms with Crippen molar-refractivity contribution < 1.29 is 19.1 Å².